The molecule has 0 saturated heterocycles. The first-order chi connectivity index (χ1) is 10.9. The minimum atomic E-state index is -3.54. The summed E-state index contributed by atoms with van der Waals surface area (Å²) in [5.41, 5.74) is 1.39. The van der Waals surface area contributed by atoms with Crippen molar-refractivity contribution in [3.63, 3.8) is 0 Å². The van der Waals surface area contributed by atoms with Crippen molar-refractivity contribution in [1.82, 2.24) is 5.32 Å². The van der Waals surface area contributed by atoms with Gasteiger partial charge in [-0.15, -0.1) is 0 Å². The van der Waals surface area contributed by atoms with E-state index in [-0.39, 0.29) is 17.2 Å². The lowest BCUT2D eigenvalue weighted by Gasteiger charge is -2.23. The van der Waals surface area contributed by atoms with E-state index >= 15 is 0 Å². The molecule has 0 radical (unpaired) electrons. The first kappa shape index (κ1) is 21.3. The zero-order valence-electron chi connectivity index (χ0n) is 14.7. The molecule has 1 N–H and O–H groups in total. The number of rotatable bonds is 7. The van der Waals surface area contributed by atoms with Crippen molar-refractivity contribution in [2.45, 2.75) is 32.4 Å². The van der Waals surface area contributed by atoms with Crippen LogP contribution in [0.3, 0.4) is 0 Å². The molecule has 0 bridgehead atoms. The zero-order chi connectivity index (χ0) is 18.5. The first-order valence-corrected chi connectivity index (χ1v) is 11.2. The smallest absolute Gasteiger partial charge is 0.240 e. The average molecular weight is 437 g/mol. The van der Waals surface area contributed by atoms with Crippen LogP contribution >= 0.6 is 27.7 Å². The number of carbonyl (C=O) groups is 1. The van der Waals surface area contributed by atoms with Crippen LogP contribution in [0.5, 0.6) is 0 Å². The molecule has 5 nitrogen and oxygen atoms in total. The second-order valence-corrected chi connectivity index (χ2v) is 11.2. The Labute approximate surface area is 157 Å². The predicted octanol–water partition coefficient (Wildman–Crippen LogP) is 3.17. The molecule has 0 fully saturated rings. The van der Waals surface area contributed by atoms with Crippen LogP contribution in [0.15, 0.2) is 22.7 Å². The number of hydrogen-bond acceptors (Lipinski definition) is 4. The van der Waals surface area contributed by atoms with Gasteiger partial charge < -0.3 is 5.32 Å². The third-order valence-electron chi connectivity index (χ3n) is 3.08. The van der Waals surface area contributed by atoms with Crippen LogP contribution in [-0.2, 0) is 14.8 Å². The van der Waals surface area contributed by atoms with Crippen LogP contribution in [0.2, 0.25) is 0 Å². The van der Waals surface area contributed by atoms with Crippen molar-refractivity contribution < 1.29 is 13.2 Å². The summed E-state index contributed by atoms with van der Waals surface area (Å²) < 4.78 is 26.3. The summed E-state index contributed by atoms with van der Waals surface area (Å²) in [5, 5.41) is 2.78. The van der Waals surface area contributed by atoms with E-state index in [0.29, 0.717) is 12.2 Å². The van der Waals surface area contributed by atoms with E-state index in [2.05, 4.69) is 42.0 Å². The van der Waals surface area contributed by atoms with E-state index in [0.717, 1.165) is 26.4 Å². The lowest BCUT2D eigenvalue weighted by atomic mass is 10.2. The fourth-order valence-corrected chi connectivity index (χ4v) is 3.83. The van der Waals surface area contributed by atoms with Crippen molar-refractivity contribution in [1.29, 1.82) is 0 Å². The number of hydrogen-bond donors (Lipinski definition) is 1. The minimum Gasteiger partial charge on any atom is -0.354 e. The largest absolute Gasteiger partial charge is 0.354 e. The predicted molar refractivity (Wildman–Crippen MR) is 106 cm³/mol. The second-order valence-electron chi connectivity index (χ2n) is 6.51. The highest BCUT2D eigenvalue weighted by molar-refractivity contribution is 9.10. The van der Waals surface area contributed by atoms with Crippen molar-refractivity contribution in [3.05, 3.63) is 28.2 Å². The molecule has 136 valence electrons. The molecule has 0 aliphatic heterocycles. The Morgan fingerprint density at radius 2 is 1.96 bits per heavy atom. The number of nitrogens with one attached hydrogen (secondary N) is 1. The Morgan fingerprint density at radius 1 is 1.33 bits per heavy atom. The number of aryl methyl sites for hydroxylation is 1. The first-order valence-electron chi connectivity index (χ1n) is 7.55. The topological polar surface area (TPSA) is 66.5 Å². The molecular formula is C16H25BrN2O3S2. The van der Waals surface area contributed by atoms with Gasteiger partial charge in [-0.1, -0.05) is 36.7 Å². The molecule has 8 heteroatoms. The molecule has 1 amide bonds. The second kappa shape index (κ2) is 8.58. The third kappa shape index (κ3) is 7.44. The number of anilines is 1. The molecule has 0 atom stereocenters. The van der Waals surface area contributed by atoms with Crippen molar-refractivity contribution >= 4 is 49.3 Å². The van der Waals surface area contributed by atoms with E-state index in [9.17, 15) is 13.2 Å². The molecule has 1 aromatic carbocycles. The standard InChI is InChI=1S/C16H25BrN2O3S2/c1-12-10-13(6-7-14(12)17)19(24(5,21)22)11-15(20)18-8-9-23-16(2,3)4/h6-7,10H,8-9,11H2,1-5H3,(H,18,20). The summed E-state index contributed by atoms with van der Waals surface area (Å²) >= 11 is 5.14. The number of sulfonamides is 1. The van der Waals surface area contributed by atoms with Gasteiger partial charge in [-0.2, -0.15) is 11.8 Å². The maximum atomic E-state index is 12.1. The molecule has 0 aliphatic carbocycles. The van der Waals surface area contributed by atoms with Gasteiger partial charge in [0, 0.05) is 21.5 Å². The molecule has 0 aromatic heterocycles. The summed E-state index contributed by atoms with van der Waals surface area (Å²) in [5.74, 6) is 0.474. The van der Waals surface area contributed by atoms with Gasteiger partial charge in [0.25, 0.3) is 0 Å². The fraction of sp³-hybridized carbons (Fsp3) is 0.562. The lowest BCUT2D eigenvalue weighted by Crippen LogP contribution is -2.41. The van der Waals surface area contributed by atoms with Gasteiger partial charge in [0.15, 0.2) is 0 Å². The molecule has 0 unspecified atom stereocenters. The average Bonchev–Trinajstić information content (AvgIpc) is 2.42. The highest BCUT2D eigenvalue weighted by Crippen LogP contribution is 2.24. The summed E-state index contributed by atoms with van der Waals surface area (Å²) in [7, 11) is -3.54. The number of thioether (sulfide) groups is 1. The number of halogens is 1. The van der Waals surface area contributed by atoms with Gasteiger partial charge in [-0.25, -0.2) is 8.42 Å². The number of carbonyl (C=O) groups excluding carboxylic acids is 1. The van der Waals surface area contributed by atoms with Crippen molar-refractivity contribution in [3.8, 4) is 0 Å². The van der Waals surface area contributed by atoms with Crippen molar-refractivity contribution in [2.75, 3.05) is 29.4 Å². The number of amides is 1. The van der Waals surface area contributed by atoms with Crippen LogP contribution < -0.4 is 9.62 Å². The normalized spacial score (nSPS) is 12.1. The Balaban J connectivity index is 2.74. The molecular weight excluding hydrogens is 412 g/mol. The van der Waals surface area contributed by atoms with Crippen LogP contribution in [-0.4, -0.2) is 44.2 Å². The summed E-state index contributed by atoms with van der Waals surface area (Å²) in [6, 6.07) is 5.20. The highest BCUT2D eigenvalue weighted by Gasteiger charge is 2.21. The Morgan fingerprint density at radius 3 is 2.46 bits per heavy atom. The minimum absolute atomic E-state index is 0.137. The maximum Gasteiger partial charge on any atom is 0.240 e. The van der Waals surface area contributed by atoms with Gasteiger partial charge in [-0.3, -0.25) is 9.10 Å². The quantitative estimate of drug-likeness (QED) is 0.666. The number of benzene rings is 1. The van der Waals surface area contributed by atoms with Crippen LogP contribution in [0.25, 0.3) is 0 Å². The van der Waals surface area contributed by atoms with Gasteiger partial charge in [0.1, 0.15) is 6.54 Å². The molecule has 0 saturated carbocycles. The molecule has 1 rings (SSSR count). The van der Waals surface area contributed by atoms with Gasteiger partial charge in [0.05, 0.1) is 11.9 Å². The van der Waals surface area contributed by atoms with E-state index in [1.165, 1.54) is 0 Å². The van der Waals surface area contributed by atoms with E-state index in [1.54, 1.807) is 30.0 Å². The SMILES string of the molecule is Cc1cc(N(CC(=O)NCCSC(C)(C)C)S(C)(=O)=O)ccc1Br. The highest BCUT2D eigenvalue weighted by atomic mass is 79.9. The van der Waals surface area contributed by atoms with Gasteiger partial charge in [0.2, 0.25) is 15.9 Å². The van der Waals surface area contributed by atoms with E-state index in [4.69, 9.17) is 0 Å². The molecule has 0 heterocycles. The zero-order valence-corrected chi connectivity index (χ0v) is 17.9. The van der Waals surface area contributed by atoms with Gasteiger partial charge in [-0.05, 0) is 30.7 Å². The maximum absolute atomic E-state index is 12.1. The lowest BCUT2D eigenvalue weighted by molar-refractivity contribution is -0.119. The Kier molecular flexibility index (Phi) is 7.62. The number of nitrogens with zero attached hydrogens (tertiary/aromatic N) is 1. The molecule has 0 spiro atoms. The summed E-state index contributed by atoms with van der Waals surface area (Å²) in [6.45, 7) is 8.50. The van der Waals surface area contributed by atoms with Crippen LogP contribution in [0.1, 0.15) is 26.3 Å². The van der Waals surface area contributed by atoms with Gasteiger partial charge >= 0.3 is 0 Å². The van der Waals surface area contributed by atoms with E-state index < -0.39 is 10.0 Å². The Hall–Kier alpha value is -0.730. The Bertz CT molecular complexity index is 685. The van der Waals surface area contributed by atoms with Crippen LogP contribution in [0, 0.1) is 6.92 Å². The van der Waals surface area contributed by atoms with Crippen molar-refractivity contribution in [2.24, 2.45) is 0 Å². The summed E-state index contributed by atoms with van der Waals surface area (Å²) in [4.78, 5) is 12.1. The third-order valence-corrected chi connectivity index (χ3v) is 6.38. The summed E-state index contributed by atoms with van der Waals surface area (Å²) in [6.07, 6.45) is 1.10. The van der Waals surface area contributed by atoms with Crippen LogP contribution in [0.4, 0.5) is 5.69 Å². The van der Waals surface area contributed by atoms with E-state index in [1.807, 2.05) is 6.92 Å². The fourth-order valence-electron chi connectivity index (χ4n) is 1.92. The molecule has 1 aromatic rings. The monoisotopic (exact) mass is 436 g/mol. The molecule has 24 heavy (non-hydrogen) atoms. The molecule has 0 aliphatic rings.